The lowest BCUT2D eigenvalue weighted by atomic mass is 10.0. The number of aryl methyl sites for hydroxylation is 1. The van der Waals surface area contributed by atoms with Crippen molar-refractivity contribution in [1.82, 2.24) is 4.98 Å². The smallest absolute Gasteiger partial charge is 0.291 e. The number of carbonyl (C=O) groups is 1. The maximum atomic E-state index is 14.1. The van der Waals surface area contributed by atoms with Crippen LogP contribution in [0.5, 0.6) is 0 Å². The number of rotatable bonds is 4. The van der Waals surface area contributed by atoms with Gasteiger partial charge in [-0.25, -0.2) is 32.1 Å². The third-order valence-electron chi connectivity index (χ3n) is 5.27. The normalized spacial score (nSPS) is 17.2. The number of thiazole rings is 1. The molecule has 4 rings (SSSR count). The highest BCUT2D eigenvalue weighted by molar-refractivity contribution is 7.91. The number of nitrogens with two attached hydrogens (primary N) is 1. The monoisotopic (exact) mass is 478 g/mol. The summed E-state index contributed by atoms with van der Waals surface area (Å²) in [6.45, 7) is 3.80. The molecule has 3 aromatic rings. The van der Waals surface area contributed by atoms with Gasteiger partial charge in [0.05, 0.1) is 5.69 Å². The summed E-state index contributed by atoms with van der Waals surface area (Å²) in [5.41, 5.74) is 1.43. The lowest BCUT2D eigenvalue weighted by Gasteiger charge is -2.39. The van der Waals surface area contributed by atoms with Crippen LogP contribution in [0.15, 0.2) is 46.7 Å². The average molecular weight is 479 g/mol. The minimum Gasteiger partial charge on any atom is -0.291 e. The molecule has 32 heavy (non-hydrogen) atoms. The molecule has 1 aliphatic rings. The largest absolute Gasteiger partial charge is 0.331 e. The van der Waals surface area contributed by atoms with E-state index in [0.29, 0.717) is 24.2 Å². The van der Waals surface area contributed by atoms with Gasteiger partial charge >= 0.3 is 6.03 Å². The van der Waals surface area contributed by atoms with E-state index in [0.717, 1.165) is 29.5 Å². The van der Waals surface area contributed by atoms with Crippen molar-refractivity contribution in [3.05, 3.63) is 59.8 Å². The van der Waals surface area contributed by atoms with Crippen LogP contribution in [0.3, 0.4) is 0 Å². The Morgan fingerprint density at radius 3 is 2.47 bits per heavy atom. The van der Waals surface area contributed by atoms with Crippen molar-refractivity contribution in [3.63, 3.8) is 0 Å². The molecule has 0 bridgehead atoms. The molecule has 2 N–H and O–H groups in total. The molecule has 2 heterocycles. The number of anilines is 2. The van der Waals surface area contributed by atoms with Gasteiger partial charge < -0.3 is 0 Å². The molecule has 11 heteroatoms. The second-order valence-corrected chi connectivity index (χ2v) is 10.3. The molecule has 1 unspecified atom stereocenters. The summed E-state index contributed by atoms with van der Waals surface area (Å²) >= 11 is 0.855. The van der Waals surface area contributed by atoms with Gasteiger partial charge in [0, 0.05) is 23.8 Å². The number of urea groups is 1. The van der Waals surface area contributed by atoms with Gasteiger partial charge in [-0.15, -0.1) is 0 Å². The summed E-state index contributed by atoms with van der Waals surface area (Å²) in [4.78, 5) is 20.5. The molecule has 0 spiro atoms. The van der Waals surface area contributed by atoms with E-state index in [1.807, 2.05) is 6.92 Å². The second kappa shape index (κ2) is 8.23. The molecule has 1 aliphatic heterocycles. The van der Waals surface area contributed by atoms with Crippen molar-refractivity contribution < 1.29 is 22.0 Å². The summed E-state index contributed by atoms with van der Waals surface area (Å²) in [5, 5.41) is 5.49. The quantitative estimate of drug-likeness (QED) is 0.606. The zero-order valence-corrected chi connectivity index (χ0v) is 18.9. The standard InChI is InChI=1S/C21H20F2N4O3S2/c1-12-9-10-26(20-25-13(2)19(31-20)32(24,29)30)21(28)27(12)16-6-3-14(4-7-16)17-11-15(22)5-8-18(17)23/h3-8,11-12H,9-10H2,1-2H3,(H2,24,29,30). The topological polar surface area (TPSA) is 96.6 Å². The molecular formula is C21H20F2N4O3S2. The Balaban J connectivity index is 1.65. The number of carbonyl (C=O) groups excluding carboxylic acids is 1. The van der Waals surface area contributed by atoms with Crippen molar-refractivity contribution in [3.8, 4) is 11.1 Å². The first-order valence-electron chi connectivity index (χ1n) is 9.72. The molecule has 1 atom stereocenters. The highest BCUT2D eigenvalue weighted by atomic mass is 32.2. The van der Waals surface area contributed by atoms with E-state index in [1.165, 1.54) is 11.8 Å². The lowest BCUT2D eigenvalue weighted by Crippen LogP contribution is -2.54. The Hall–Kier alpha value is -2.89. The van der Waals surface area contributed by atoms with Crippen LogP contribution in [0.4, 0.5) is 24.4 Å². The Morgan fingerprint density at radius 2 is 1.84 bits per heavy atom. The molecule has 2 aromatic carbocycles. The van der Waals surface area contributed by atoms with E-state index in [4.69, 9.17) is 5.14 Å². The number of aromatic nitrogens is 1. The molecule has 0 saturated carbocycles. The first kappa shape index (κ1) is 22.3. The predicted octanol–water partition coefficient (Wildman–Crippen LogP) is 4.27. The number of benzene rings is 2. The van der Waals surface area contributed by atoms with E-state index in [1.54, 1.807) is 29.2 Å². The van der Waals surface area contributed by atoms with Crippen molar-refractivity contribution in [2.24, 2.45) is 5.14 Å². The molecule has 1 saturated heterocycles. The number of halogens is 2. The van der Waals surface area contributed by atoms with Crippen LogP contribution in [-0.2, 0) is 10.0 Å². The van der Waals surface area contributed by atoms with Gasteiger partial charge in [0.1, 0.15) is 11.6 Å². The van der Waals surface area contributed by atoms with Crippen molar-refractivity contribution in [2.75, 3.05) is 16.3 Å². The maximum Gasteiger partial charge on any atom is 0.331 e. The highest BCUT2D eigenvalue weighted by Crippen LogP contribution is 2.34. The minimum atomic E-state index is -3.94. The zero-order valence-electron chi connectivity index (χ0n) is 17.2. The number of amides is 2. The Bertz CT molecular complexity index is 1290. The minimum absolute atomic E-state index is 0.0769. The van der Waals surface area contributed by atoms with Crippen LogP contribution in [0, 0.1) is 18.6 Å². The zero-order chi connectivity index (χ0) is 23.2. The van der Waals surface area contributed by atoms with Crippen LogP contribution in [0.2, 0.25) is 0 Å². The fourth-order valence-corrected chi connectivity index (χ4v) is 5.64. The number of nitrogens with zero attached hydrogens (tertiary/aromatic N) is 3. The molecule has 168 valence electrons. The average Bonchev–Trinajstić information content (AvgIpc) is 3.12. The van der Waals surface area contributed by atoms with Crippen molar-refractivity contribution in [1.29, 1.82) is 0 Å². The SMILES string of the molecule is Cc1nc(N2CCC(C)N(c3ccc(-c4cc(F)ccc4F)cc3)C2=O)sc1S(N)(=O)=O. The van der Waals surface area contributed by atoms with Crippen LogP contribution in [-0.4, -0.2) is 32.0 Å². The third-order valence-corrected chi connectivity index (χ3v) is 8.00. The summed E-state index contributed by atoms with van der Waals surface area (Å²) in [5.74, 6) is -1.09. The van der Waals surface area contributed by atoms with Gasteiger partial charge in [0.15, 0.2) is 9.34 Å². The van der Waals surface area contributed by atoms with Crippen LogP contribution < -0.4 is 14.9 Å². The highest BCUT2D eigenvalue weighted by Gasteiger charge is 2.35. The van der Waals surface area contributed by atoms with Gasteiger partial charge in [0.2, 0.25) is 10.0 Å². The van der Waals surface area contributed by atoms with E-state index in [2.05, 4.69) is 4.98 Å². The third kappa shape index (κ3) is 4.10. The first-order valence-corrected chi connectivity index (χ1v) is 12.1. The predicted molar refractivity (Wildman–Crippen MR) is 119 cm³/mol. The van der Waals surface area contributed by atoms with Gasteiger partial charge in [-0.2, -0.15) is 0 Å². The Labute approximate surface area is 188 Å². The van der Waals surface area contributed by atoms with Gasteiger partial charge in [-0.1, -0.05) is 23.5 Å². The van der Waals surface area contributed by atoms with Crippen LogP contribution in [0.1, 0.15) is 19.0 Å². The maximum absolute atomic E-state index is 14.1. The van der Waals surface area contributed by atoms with Crippen LogP contribution in [0.25, 0.3) is 11.1 Å². The fourth-order valence-electron chi connectivity index (χ4n) is 3.67. The number of sulfonamides is 1. The molecule has 1 fully saturated rings. The Morgan fingerprint density at radius 1 is 1.16 bits per heavy atom. The first-order chi connectivity index (χ1) is 15.1. The summed E-state index contributed by atoms with van der Waals surface area (Å²) < 4.78 is 51.1. The van der Waals surface area contributed by atoms with E-state index in [-0.39, 0.29) is 32.7 Å². The lowest BCUT2D eigenvalue weighted by molar-refractivity contribution is 0.245. The van der Waals surface area contributed by atoms with E-state index >= 15 is 0 Å². The molecule has 7 nitrogen and oxygen atoms in total. The summed E-state index contributed by atoms with van der Waals surface area (Å²) in [7, 11) is -3.94. The van der Waals surface area contributed by atoms with Gasteiger partial charge in [0.25, 0.3) is 0 Å². The molecule has 0 aliphatic carbocycles. The number of hydrogen-bond acceptors (Lipinski definition) is 5. The number of hydrogen-bond donors (Lipinski definition) is 1. The van der Waals surface area contributed by atoms with E-state index in [9.17, 15) is 22.0 Å². The van der Waals surface area contributed by atoms with Gasteiger partial charge in [-0.05, 0) is 56.2 Å². The van der Waals surface area contributed by atoms with Crippen molar-refractivity contribution in [2.45, 2.75) is 30.5 Å². The Kier molecular flexibility index (Phi) is 5.74. The fraction of sp³-hybridized carbons (Fsp3) is 0.238. The summed E-state index contributed by atoms with van der Waals surface area (Å²) in [6, 6.07) is 9.33. The van der Waals surface area contributed by atoms with Crippen molar-refractivity contribution >= 4 is 38.2 Å². The second-order valence-electron chi connectivity index (χ2n) is 7.53. The summed E-state index contributed by atoms with van der Waals surface area (Å²) in [6.07, 6.45) is 0.620. The van der Waals surface area contributed by atoms with E-state index < -0.39 is 21.7 Å². The molecule has 1 aromatic heterocycles. The molecule has 2 amide bonds. The molecule has 0 radical (unpaired) electrons. The number of primary sulfonamides is 1. The van der Waals surface area contributed by atoms with Crippen LogP contribution >= 0.6 is 11.3 Å². The van der Waals surface area contributed by atoms with Gasteiger partial charge in [-0.3, -0.25) is 9.80 Å². The molecular weight excluding hydrogens is 458 g/mol.